The number of hydrogen-bond acceptors (Lipinski definition) is 4. The third kappa shape index (κ3) is 2.85. The number of aromatic carboxylic acids is 1. The monoisotopic (exact) mass is 246 g/mol. The zero-order valence-electron chi connectivity index (χ0n) is 10.00. The molecular formula is C12H14N4O2. The van der Waals surface area contributed by atoms with Crippen molar-refractivity contribution in [3.8, 4) is 0 Å². The standard InChI is InChI=1S/C12H14N4O2/c1-9-10(12(17)18)2-3-11(15-9)14-5-7-16-6-4-13-8-16/h2-4,6,8H,5,7H2,1H3,(H,14,15)(H,17,18). The first kappa shape index (κ1) is 12.1. The fraction of sp³-hybridized carbons (Fsp3) is 0.250. The van der Waals surface area contributed by atoms with Crippen LogP contribution in [0.3, 0.4) is 0 Å². The molecule has 0 aromatic carbocycles. The van der Waals surface area contributed by atoms with Crippen LogP contribution in [0.4, 0.5) is 5.82 Å². The molecule has 0 aliphatic heterocycles. The summed E-state index contributed by atoms with van der Waals surface area (Å²) in [6.07, 6.45) is 5.35. The van der Waals surface area contributed by atoms with E-state index in [1.54, 1.807) is 31.6 Å². The first-order chi connectivity index (χ1) is 8.66. The average molecular weight is 246 g/mol. The van der Waals surface area contributed by atoms with Crippen LogP contribution in [0.2, 0.25) is 0 Å². The minimum absolute atomic E-state index is 0.232. The number of hydrogen-bond donors (Lipinski definition) is 2. The summed E-state index contributed by atoms with van der Waals surface area (Å²) in [6, 6.07) is 3.23. The summed E-state index contributed by atoms with van der Waals surface area (Å²) in [5, 5.41) is 12.0. The van der Waals surface area contributed by atoms with Crippen LogP contribution in [0.25, 0.3) is 0 Å². The van der Waals surface area contributed by atoms with Gasteiger partial charge in [-0.15, -0.1) is 0 Å². The molecule has 2 aromatic rings. The number of carboxylic acids is 1. The van der Waals surface area contributed by atoms with Gasteiger partial charge in [-0.25, -0.2) is 14.8 Å². The molecule has 6 nitrogen and oxygen atoms in total. The molecule has 2 rings (SSSR count). The van der Waals surface area contributed by atoms with Gasteiger partial charge in [-0.05, 0) is 19.1 Å². The molecule has 0 spiro atoms. The van der Waals surface area contributed by atoms with Crippen LogP contribution < -0.4 is 5.32 Å². The molecule has 0 amide bonds. The molecule has 0 unspecified atom stereocenters. The van der Waals surface area contributed by atoms with E-state index in [0.29, 0.717) is 18.1 Å². The second-order valence-corrected chi connectivity index (χ2v) is 3.86. The molecule has 0 bridgehead atoms. The SMILES string of the molecule is Cc1nc(NCCn2ccnc2)ccc1C(=O)O. The van der Waals surface area contributed by atoms with E-state index >= 15 is 0 Å². The van der Waals surface area contributed by atoms with Crippen molar-refractivity contribution in [2.24, 2.45) is 0 Å². The Labute approximate surface area is 104 Å². The van der Waals surface area contributed by atoms with Crippen molar-refractivity contribution < 1.29 is 9.90 Å². The second kappa shape index (κ2) is 5.31. The highest BCUT2D eigenvalue weighted by molar-refractivity contribution is 5.89. The number of anilines is 1. The van der Waals surface area contributed by atoms with Gasteiger partial charge < -0.3 is 15.0 Å². The number of pyridine rings is 1. The van der Waals surface area contributed by atoms with Crippen LogP contribution in [-0.4, -0.2) is 32.2 Å². The predicted molar refractivity (Wildman–Crippen MR) is 66.7 cm³/mol. The van der Waals surface area contributed by atoms with Gasteiger partial charge in [0.1, 0.15) is 5.82 Å². The van der Waals surface area contributed by atoms with Gasteiger partial charge in [0.25, 0.3) is 0 Å². The molecule has 6 heteroatoms. The summed E-state index contributed by atoms with van der Waals surface area (Å²) >= 11 is 0. The van der Waals surface area contributed by atoms with Crippen molar-refractivity contribution in [1.29, 1.82) is 0 Å². The average Bonchev–Trinajstić information content (AvgIpc) is 2.81. The van der Waals surface area contributed by atoms with Crippen LogP contribution in [0.1, 0.15) is 16.1 Å². The van der Waals surface area contributed by atoms with Gasteiger partial charge in [-0.3, -0.25) is 0 Å². The number of aromatic nitrogens is 3. The Bertz CT molecular complexity index is 537. The van der Waals surface area contributed by atoms with E-state index < -0.39 is 5.97 Å². The lowest BCUT2D eigenvalue weighted by Gasteiger charge is -2.08. The van der Waals surface area contributed by atoms with Crippen molar-refractivity contribution in [3.63, 3.8) is 0 Å². The largest absolute Gasteiger partial charge is 0.478 e. The molecule has 0 fully saturated rings. The number of aryl methyl sites for hydroxylation is 1. The molecule has 2 heterocycles. The summed E-state index contributed by atoms with van der Waals surface area (Å²) in [5.74, 6) is -0.275. The van der Waals surface area contributed by atoms with E-state index in [2.05, 4.69) is 15.3 Å². The third-order valence-electron chi connectivity index (χ3n) is 2.55. The normalized spacial score (nSPS) is 10.3. The lowest BCUT2D eigenvalue weighted by molar-refractivity contribution is 0.0695. The Morgan fingerprint density at radius 3 is 2.94 bits per heavy atom. The quantitative estimate of drug-likeness (QED) is 0.833. The van der Waals surface area contributed by atoms with Crippen LogP contribution in [0, 0.1) is 6.92 Å². The Balaban J connectivity index is 1.94. The fourth-order valence-electron chi connectivity index (χ4n) is 1.62. The summed E-state index contributed by atoms with van der Waals surface area (Å²) in [7, 11) is 0. The van der Waals surface area contributed by atoms with Crippen LogP contribution >= 0.6 is 0 Å². The molecule has 0 saturated heterocycles. The minimum Gasteiger partial charge on any atom is -0.478 e. The van der Waals surface area contributed by atoms with Gasteiger partial charge in [0.2, 0.25) is 0 Å². The lowest BCUT2D eigenvalue weighted by atomic mass is 10.2. The summed E-state index contributed by atoms with van der Waals surface area (Å²) in [5.41, 5.74) is 0.741. The van der Waals surface area contributed by atoms with Gasteiger partial charge in [0.05, 0.1) is 17.6 Å². The molecule has 2 N–H and O–H groups in total. The van der Waals surface area contributed by atoms with Gasteiger partial charge in [0, 0.05) is 25.5 Å². The van der Waals surface area contributed by atoms with Gasteiger partial charge in [0.15, 0.2) is 0 Å². The van der Waals surface area contributed by atoms with Crippen molar-refractivity contribution in [2.45, 2.75) is 13.5 Å². The topological polar surface area (TPSA) is 80.0 Å². The number of carboxylic acid groups (broad SMARTS) is 1. The molecule has 0 saturated carbocycles. The van der Waals surface area contributed by atoms with Gasteiger partial charge in [-0.1, -0.05) is 0 Å². The highest BCUT2D eigenvalue weighted by Gasteiger charge is 2.08. The van der Waals surface area contributed by atoms with Crippen LogP contribution in [0.5, 0.6) is 0 Å². The second-order valence-electron chi connectivity index (χ2n) is 3.86. The zero-order valence-corrected chi connectivity index (χ0v) is 10.00. The van der Waals surface area contributed by atoms with Gasteiger partial charge in [-0.2, -0.15) is 0 Å². The maximum atomic E-state index is 10.8. The number of nitrogens with zero attached hydrogens (tertiary/aromatic N) is 3. The van der Waals surface area contributed by atoms with Crippen molar-refractivity contribution in [1.82, 2.24) is 14.5 Å². The lowest BCUT2D eigenvalue weighted by Crippen LogP contribution is -2.11. The Kier molecular flexibility index (Phi) is 3.57. The summed E-state index contributed by atoms with van der Waals surface area (Å²) in [6.45, 7) is 3.17. The van der Waals surface area contributed by atoms with Crippen LogP contribution in [0.15, 0.2) is 30.9 Å². The maximum Gasteiger partial charge on any atom is 0.337 e. The molecule has 18 heavy (non-hydrogen) atoms. The molecule has 0 aliphatic carbocycles. The van der Waals surface area contributed by atoms with E-state index in [1.807, 2.05) is 10.8 Å². The highest BCUT2D eigenvalue weighted by atomic mass is 16.4. The smallest absolute Gasteiger partial charge is 0.337 e. The molecule has 94 valence electrons. The molecular weight excluding hydrogens is 232 g/mol. The molecule has 0 radical (unpaired) electrons. The first-order valence-electron chi connectivity index (χ1n) is 5.57. The van der Waals surface area contributed by atoms with Crippen molar-refractivity contribution in [3.05, 3.63) is 42.1 Å². The fourth-order valence-corrected chi connectivity index (χ4v) is 1.62. The Hall–Kier alpha value is -2.37. The number of rotatable bonds is 5. The third-order valence-corrected chi connectivity index (χ3v) is 2.55. The van der Waals surface area contributed by atoms with Gasteiger partial charge >= 0.3 is 5.97 Å². The predicted octanol–water partition coefficient (Wildman–Crippen LogP) is 1.40. The van der Waals surface area contributed by atoms with Crippen molar-refractivity contribution >= 4 is 11.8 Å². The molecule has 0 aliphatic rings. The first-order valence-corrected chi connectivity index (χ1v) is 5.57. The summed E-state index contributed by atoms with van der Waals surface area (Å²) in [4.78, 5) is 19.0. The zero-order chi connectivity index (χ0) is 13.0. The minimum atomic E-state index is -0.954. The Morgan fingerprint density at radius 1 is 1.50 bits per heavy atom. The van der Waals surface area contributed by atoms with E-state index in [1.165, 1.54) is 0 Å². The highest BCUT2D eigenvalue weighted by Crippen LogP contribution is 2.10. The number of imidazole rings is 1. The van der Waals surface area contributed by atoms with E-state index in [0.717, 1.165) is 6.54 Å². The summed E-state index contributed by atoms with van der Waals surface area (Å²) < 4.78 is 1.95. The van der Waals surface area contributed by atoms with Crippen molar-refractivity contribution in [2.75, 3.05) is 11.9 Å². The molecule has 0 atom stereocenters. The molecule has 2 aromatic heterocycles. The van der Waals surface area contributed by atoms with Crippen LogP contribution in [-0.2, 0) is 6.54 Å². The number of nitrogens with one attached hydrogen (secondary N) is 1. The maximum absolute atomic E-state index is 10.8. The van der Waals surface area contributed by atoms with E-state index in [4.69, 9.17) is 5.11 Å². The van der Waals surface area contributed by atoms with E-state index in [9.17, 15) is 4.79 Å². The Morgan fingerprint density at radius 2 is 2.33 bits per heavy atom. The van der Waals surface area contributed by atoms with E-state index in [-0.39, 0.29) is 5.56 Å². The number of carbonyl (C=O) groups is 1.